The van der Waals surface area contributed by atoms with Crippen LogP contribution in [0.2, 0.25) is 0 Å². The third-order valence-electron chi connectivity index (χ3n) is 3.20. The van der Waals surface area contributed by atoms with E-state index in [1.807, 2.05) is 39.0 Å². The van der Waals surface area contributed by atoms with Crippen molar-refractivity contribution in [2.75, 3.05) is 18.8 Å². The maximum absolute atomic E-state index is 11.7. The summed E-state index contributed by atoms with van der Waals surface area (Å²) in [6.45, 7) is 6.88. The van der Waals surface area contributed by atoms with Crippen LogP contribution in [0.4, 0.5) is 0 Å². The molecule has 0 spiro atoms. The van der Waals surface area contributed by atoms with Crippen LogP contribution >= 0.6 is 11.8 Å². The Balaban J connectivity index is 1.99. The van der Waals surface area contributed by atoms with Crippen molar-refractivity contribution in [2.45, 2.75) is 44.9 Å². The number of carbonyl (C=O) groups is 2. The highest BCUT2D eigenvalue weighted by molar-refractivity contribution is 7.99. The highest BCUT2D eigenvalue weighted by atomic mass is 32.2. The van der Waals surface area contributed by atoms with Crippen LogP contribution in [0.5, 0.6) is 0 Å². The highest BCUT2D eigenvalue weighted by Gasteiger charge is 2.20. The molecule has 128 valence electrons. The van der Waals surface area contributed by atoms with Gasteiger partial charge in [0.15, 0.2) is 0 Å². The van der Waals surface area contributed by atoms with Crippen molar-refractivity contribution in [3.8, 4) is 0 Å². The SMILES string of the molecule is CC(C)(C)C(=O)NCCCC(=O)NCCCSc1ccccc1. The number of rotatable bonds is 9. The van der Waals surface area contributed by atoms with Gasteiger partial charge in [-0.2, -0.15) is 0 Å². The molecule has 23 heavy (non-hydrogen) atoms. The predicted molar refractivity (Wildman–Crippen MR) is 96.5 cm³/mol. The van der Waals surface area contributed by atoms with Gasteiger partial charge in [0.2, 0.25) is 11.8 Å². The van der Waals surface area contributed by atoms with E-state index in [2.05, 4.69) is 22.8 Å². The number of thioether (sulfide) groups is 1. The fourth-order valence-electron chi connectivity index (χ4n) is 1.81. The lowest BCUT2D eigenvalue weighted by atomic mass is 9.96. The molecule has 1 aromatic rings. The first-order valence-corrected chi connectivity index (χ1v) is 9.11. The number of hydrogen-bond donors (Lipinski definition) is 2. The minimum atomic E-state index is -0.376. The third kappa shape index (κ3) is 9.29. The van der Waals surface area contributed by atoms with Crippen LogP contribution in [0.3, 0.4) is 0 Å². The molecule has 0 unspecified atom stereocenters. The zero-order valence-electron chi connectivity index (χ0n) is 14.4. The summed E-state index contributed by atoms with van der Waals surface area (Å²) in [5.74, 6) is 1.07. The van der Waals surface area contributed by atoms with Crippen molar-refractivity contribution >= 4 is 23.6 Å². The van der Waals surface area contributed by atoms with E-state index in [0.29, 0.717) is 25.9 Å². The predicted octanol–water partition coefficient (Wildman–Crippen LogP) is 3.23. The van der Waals surface area contributed by atoms with Crippen LogP contribution < -0.4 is 10.6 Å². The van der Waals surface area contributed by atoms with Gasteiger partial charge in [0.1, 0.15) is 0 Å². The Bertz CT molecular complexity index is 484. The lowest BCUT2D eigenvalue weighted by Gasteiger charge is -2.17. The molecule has 0 atom stereocenters. The van der Waals surface area contributed by atoms with E-state index >= 15 is 0 Å². The molecule has 2 amide bonds. The minimum Gasteiger partial charge on any atom is -0.356 e. The zero-order valence-corrected chi connectivity index (χ0v) is 15.2. The van der Waals surface area contributed by atoms with Gasteiger partial charge in [0.05, 0.1) is 0 Å². The second kappa shape index (κ2) is 10.3. The van der Waals surface area contributed by atoms with E-state index in [-0.39, 0.29) is 17.2 Å². The Morgan fingerprint density at radius 1 is 1.00 bits per heavy atom. The van der Waals surface area contributed by atoms with Gasteiger partial charge in [-0.25, -0.2) is 0 Å². The molecule has 5 heteroatoms. The first-order valence-electron chi connectivity index (χ1n) is 8.12. The van der Waals surface area contributed by atoms with Crippen molar-refractivity contribution in [2.24, 2.45) is 5.41 Å². The molecule has 0 bridgehead atoms. The smallest absolute Gasteiger partial charge is 0.225 e. The Kier molecular flexibility index (Phi) is 8.77. The summed E-state index contributed by atoms with van der Waals surface area (Å²) in [5, 5.41) is 5.77. The molecule has 2 N–H and O–H groups in total. The maximum Gasteiger partial charge on any atom is 0.225 e. The van der Waals surface area contributed by atoms with Gasteiger partial charge in [-0.3, -0.25) is 9.59 Å². The Hall–Kier alpha value is -1.49. The molecule has 0 radical (unpaired) electrons. The summed E-state index contributed by atoms with van der Waals surface area (Å²) in [5.41, 5.74) is -0.376. The summed E-state index contributed by atoms with van der Waals surface area (Å²) in [4.78, 5) is 24.6. The van der Waals surface area contributed by atoms with Gasteiger partial charge in [-0.15, -0.1) is 11.8 Å². The molecule has 0 saturated carbocycles. The van der Waals surface area contributed by atoms with Crippen LogP contribution in [-0.2, 0) is 9.59 Å². The summed E-state index contributed by atoms with van der Waals surface area (Å²) in [6, 6.07) is 10.3. The maximum atomic E-state index is 11.7. The third-order valence-corrected chi connectivity index (χ3v) is 4.30. The Labute approximate surface area is 143 Å². The van der Waals surface area contributed by atoms with Crippen molar-refractivity contribution in [1.29, 1.82) is 0 Å². The van der Waals surface area contributed by atoms with Gasteiger partial charge in [-0.05, 0) is 30.7 Å². The summed E-state index contributed by atoms with van der Waals surface area (Å²) < 4.78 is 0. The number of amides is 2. The first-order chi connectivity index (χ1) is 10.9. The molecule has 0 aromatic heterocycles. The molecule has 0 aliphatic heterocycles. The molecular formula is C18H28N2O2S. The molecule has 0 fully saturated rings. The van der Waals surface area contributed by atoms with Crippen LogP contribution in [0.25, 0.3) is 0 Å². The molecule has 0 aliphatic rings. The summed E-state index contributed by atoms with van der Waals surface area (Å²) >= 11 is 1.80. The lowest BCUT2D eigenvalue weighted by Crippen LogP contribution is -2.35. The van der Waals surface area contributed by atoms with Crippen molar-refractivity contribution < 1.29 is 9.59 Å². The monoisotopic (exact) mass is 336 g/mol. The Morgan fingerprint density at radius 2 is 1.65 bits per heavy atom. The van der Waals surface area contributed by atoms with Gasteiger partial charge in [0, 0.05) is 29.8 Å². The molecular weight excluding hydrogens is 308 g/mol. The van der Waals surface area contributed by atoms with Gasteiger partial charge >= 0.3 is 0 Å². The van der Waals surface area contributed by atoms with Crippen molar-refractivity contribution in [3.05, 3.63) is 30.3 Å². The second-order valence-electron chi connectivity index (χ2n) is 6.47. The fraction of sp³-hybridized carbons (Fsp3) is 0.556. The Morgan fingerprint density at radius 3 is 2.30 bits per heavy atom. The summed E-state index contributed by atoms with van der Waals surface area (Å²) in [7, 11) is 0. The van der Waals surface area contributed by atoms with Crippen LogP contribution in [0.1, 0.15) is 40.0 Å². The average Bonchev–Trinajstić information content (AvgIpc) is 2.51. The lowest BCUT2D eigenvalue weighted by molar-refractivity contribution is -0.128. The molecule has 1 rings (SSSR count). The van der Waals surface area contributed by atoms with Crippen molar-refractivity contribution in [1.82, 2.24) is 10.6 Å². The largest absolute Gasteiger partial charge is 0.356 e. The number of nitrogens with one attached hydrogen (secondary N) is 2. The van der Waals surface area contributed by atoms with Gasteiger partial charge in [-0.1, -0.05) is 39.0 Å². The van der Waals surface area contributed by atoms with Gasteiger partial charge in [0.25, 0.3) is 0 Å². The molecule has 0 aliphatic carbocycles. The molecule has 0 saturated heterocycles. The standard InChI is InChI=1S/C18H28N2O2S/c1-18(2,3)17(22)20-12-7-11-16(21)19-13-8-14-23-15-9-5-4-6-10-15/h4-6,9-10H,7-8,11-14H2,1-3H3,(H,19,21)(H,20,22). The van der Waals surface area contributed by atoms with E-state index in [0.717, 1.165) is 12.2 Å². The number of carbonyl (C=O) groups excluding carboxylic acids is 2. The quantitative estimate of drug-likeness (QED) is 0.538. The molecule has 4 nitrogen and oxygen atoms in total. The average molecular weight is 337 g/mol. The number of hydrogen-bond acceptors (Lipinski definition) is 3. The molecule has 0 heterocycles. The van der Waals surface area contributed by atoms with E-state index in [1.165, 1.54) is 4.90 Å². The van der Waals surface area contributed by atoms with E-state index in [9.17, 15) is 9.59 Å². The summed E-state index contributed by atoms with van der Waals surface area (Å²) in [6.07, 6.45) is 2.08. The highest BCUT2D eigenvalue weighted by Crippen LogP contribution is 2.17. The van der Waals surface area contributed by atoms with E-state index in [1.54, 1.807) is 11.8 Å². The van der Waals surface area contributed by atoms with E-state index < -0.39 is 0 Å². The van der Waals surface area contributed by atoms with Crippen molar-refractivity contribution in [3.63, 3.8) is 0 Å². The van der Waals surface area contributed by atoms with Crippen LogP contribution in [0, 0.1) is 5.41 Å². The van der Waals surface area contributed by atoms with Crippen LogP contribution in [0.15, 0.2) is 35.2 Å². The van der Waals surface area contributed by atoms with Crippen LogP contribution in [-0.4, -0.2) is 30.7 Å². The zero-order chi connectivity index (χ0) is 17.1. The van der Waals surface area contributed by atoms with E-state index in [4.69, 9.17) is 0 Å². The minimum absolute atomic E-state index is 0.0239. The first kappa shape index (κ1) is 19.6. The number of benzene rings is 1. The normalized spacial score (nSPS) is 11.1. The second-order valence-corrected chi connectivity index (χ2v) is 7.64. The topological polar surface area (TPSA) is 58.2 Å². The fourth-order valence-corrected chi connectivity index (χ4v) is 2.69. The van der Waals surface area contributed by atoms with Gasteiger partial charge < -0.3 is 10.6 Å². The molecule has 1 aromatic carbocycles.